The summed E-state index contributed by atoms with van der Waals surface area (Å²) < 4.78 is 212. The van der Waals surface area contributed by atoms with Crippen LogP contribution >= 0.6 is 31.9 Å². The minimum absolute atomic E-state index is 0. The molecule has 6 rings (SSSR count). The molecule has 4 aromatic carbocycles. The molecule has 0 unspecified atom stereocenters. The predicted molar refractivity (Wildman–Crippen MR) is 226 cm³/mol. The third kappa shape index (κ3) is 12.7. The highest BCUT2D eigenvalue weighted by atomic mass is 79.9. The Bertz CT molecular complexity index is 2410. The first-order valence-corrected chi connectivity index (χ1v) is 20.9. The molecule has 2 fully saturated rings. The van der Waals surface area contributed by atoms with Crippen LogP contribution in [-0.4, -0.2) is 51.2 Å². The number of aryl methyl sites for hydroxylation is 3. The number of anilines is 3. The van der Waals surface area contributed by atoms with Gasteiger partial charge in [0, 0.05) is 34.4 Å². The van der Waals surface area contributed by atoms with Crippen molar-refractivity contribution in [1.29, 1.82) is 0 Å². The average molecular weight is 1120 g/mol. The number of benzene rings is 4. The van der Waals surface area contributed by atoms with E-state index in [0.717, 1.165) is 58.3 Å². The lowest BCUT2D eigenvalue weighted by Gasteiger charge is -2.31. The van der Waals surface area contributed by atoms with Crippen LogP contribution in [0.15, 0.2) is 69.6 Å². The van der Waals surface area contributed by atoms with E-state index in [1.807, 2.05) is 0 Å². The second-order valence-corrected chi connectivity index (χ2v) is 17.2. The van der Waals surface area contributed by atoms with E-state index in [1.165, 1.54) is 24.3 Å². The van der Waals surface area contributed by atoms with Gasteiger partial charge in [0.15, 0.2) is 5.82 Å². The predicted octanol–water partition coefficient (Wildman–Crippen LogP) is 14.0. The van der Waals surface area contributed by atoms with Gasteiger partial charge in [-0.05, 0) is 124 Å². The number of carbonyl (C=O) groups is 3. The van der Waals surface area contributed by atoms with Gasteiger partial charge in [0.25, 0.3) is 11.8 Å². The van der Waals surface area contributed by atoms with Crippen molar-refractivity contribution in [2.75, 3.05) is 16.4 Å². The monoisotopic (exact) mass is 1110 g/mol. The first-order chi connectivity index (χ1) is 30.7. The zero-order valence-corrected chi connectivity index (χ0v) is 38.1. The number of hydrogen-bond donors (Lipinski definition) is 3. The molecule has 2 aliphatic carbocycles. The van der Waals surface area contributed by atoms with E-state index in [9.17, 15) is 84.6 Å². The molecule has 3 radical (unpaired) electrons. The number of carbonyl (C=O) groups excluding carboxylic acids is 3. The lowest BCUT2D eigenvalue weighted by Crippen LogP contribution is -2.50. The smallest absolute Gasteiger partial charge is 0.396 e. The zero-order valence-electron chi connectivity index (χ0n) is 34.9. The van der Waals surface area contributed by atoms with Crippen molar-refractivity contribution in [3.8, 4) is 0 Å². The third-order valence-electron chi connectivity index (χ3n) is 10.3. The fraction of sp³-hybridized carbons (Fsp3) is 0.372. The fourth-order valence-electron chi connectivity index (χ4n) is 6.21. The molecule has 4 aromatic rings. The van der Waals surface area contributed by atoms with Crippen molar-refractivity contribution in [3.63, 3.8) is 0 Å². The highest BCUT2D eigenvalue weighted by Gasteiger charge is 2.74. The number of amides is 2. The van der Waals surface area contributed by atoms with E-state index in [4.69, 9.17) is 5.73 Å². The van der Waals surface area contributed by atoms with Crippen molar-refractivity contribution in [1.82, 2.24) is 0 Å². The molecular weight excluding hydrogens is 1080 g/mol. The van der Waals surface area contributed by atoms with Gasteiger partial charge in [0.05, 0.1) is 28.2 Å². The third-order valence-corrected chi connectivity index (χ3v) is 11.6. The Kier molecular flexibility index (Phi) is 18.1. The SMILES string of the molecule is Cc1cc(C(F)(C(F)(F)F)C(F)(F)F)cc(Br)c1NC(=O)c1cccc(CCC2CC2)c1F.Cc1cc(C(F)(C(F)(F)F)C(F)(F)F)cc(Br)c1NC(=O)c1cccc(N)c1F.O=CC1CC1.[B]. The van der Waals surface area contributed by atoms with Gasteiger partial charge in [0.2, 0.25) is 0 Å². The maximum absolute atomic E-state index is 14.8. The number of nitrogens with two attached hydrogens (primary N) is 1. The molecule has 0 heterocycles. The lowest BCUT2D eigenvalue weighted by atomic mass is 9.92. The summed E-state index contributed by atoms with van der Waals surface area (Å²) in [6, 6.07) is 8.95. The summed E-state index contributed by atoms with van der Waals surface area (Å²) in [7, 11) is 0. The number of aldehydes is 1. The van der Waals surface area contributed by atoms with Crippen LogP contribution < -0.4 is 16.4 Å². The maximum Gasteiger partial charge on any atom is 0.435 e. The average Bonchev–Trinajstić information content (AvgIpc) is 4.15. The summed E-state index contributed by atoms with van der Waals surface area (Å²) in [5, 5.41) is 4.44. The number of nitrogen functional groups attached to an aromatic ring is 1. The van der Waals surface area contributed by atoms with E-state index in [1.54, 1.807) is 6.07 Å². The Morgan fingerprint density at radius 3 is 1.34 bits per heavy atom. The van der Waals surface area contributed by atoms with E-state index in [2.05, 4.69) is 42.5 Å². The lowest BCUT2D eigenvalue weighted by molar-refractivity contribution is -0.349. The molecule has 6 nitrogen and oxygen atoms in total. The largest absolute Gasteiger partial charge is 0.435 e. The Labute approximate surface area is 395 Å². The molecule has 25 heteroatoms. The van der Waals surface area contributed by atoms with Crippen molar-refractivity contribution in [2.45, 2.75) is 88.4 Å². The van der Waals surface area contributed by atoms with Crippen LogP contribution in [0.5, 0.6) is 0 Å². The van der Waals surface area contributed by atoms with Crippen LogP contribution in [-0.2, 0) is 22.6 Å². The van der Waals surface area contributed by atoms with Gasteiger partial charge in [-0.3, -0.25) is 9.59 Å². The van der Waals surface area contributed by atoms with Gasteiger partial charge in [-0.2, -0.15) is 52.7 Å². The highest BCUT2D eigenvalue weighted by molar-refractivity contribution is 9.11. The second kappa shape index (κ2) is 21.5. The first kappa shape index (κ1) is 57.5. The Morgan fingerprint density at radius 2 is 1.01 bits per heavy atom. The van der Waals surface area contributed by atoms with E-state index in [0.29, 0.717) is 42.0 Å². The van der Waals surface area contributed by atoms with Crippen LogP contribution in [0.2, 0.25) is 0 Å². The molecule has 369 valence electrons. The van der Waals surface area contributed by atoms with Crippen molar-refractivity contribution < 1.29 is 84.6 Å². The molecule has 0 aliphatic heterocycles. The summed E-state index contributed by atoms with van der Waals surface area (Å²) in [5.74, 6) is -2.84. The summed E-state index contributed by atoms with van der Waals surface area (Å²) in [4.78, 5) is 34.4. The minimum atomic E-state index is -6.29. The van der Waals surface area contributed by atoms with Gasteiger partial charge in [-0.25, -0.2) is 17.6 Å². The molecule has 2 amide bonds. The van der Waals surface area contributed by atoms with E-state index >= 15 is 0 Å². The standard InChI is InChI=1S/C22H18BrF8NO.C17H11BrF8N2O.C4H6O.B/c1-11-9-14(20(25,21(26,27)28)22(29,30)31)10-16(23)18(11)32-19(33)15-4-2-3-13(17(15)24)8-7-12-5-6-12;1-7-5-8(15(20,16(21,22)23)17(24,25)26)6-10(18)13(7)28-14(29)9-3-2-4-11(27)12(9)19;5-3-4-1-2-4;/h2-4,9-10,12H,5-8H2,1H3,(H,32,33);2-6H,27H2,1H3,(H,28,29);3-4H,1-2H2;. The van der Waals surface area contributed by atoms with Gasteiger partial charge in [0.1, 0.15) is 12.1 Å². The molecule has 0 spiro atoms. The van der Waals surface area contributed by atoms with E-state index in [-0.39, 0.29) is 48.2 Å². The number of rotatable bonds is 10. The topological polar surface area (TPSA) is 101 Å². The van der Waals surface area contributed by atoms with Crippen LogP contribution in [0.3, 0.4) is 0 Å². The van der Waals surface area contributed by atoms with Crippen molar-refractivity contribution in [3.05, 3.63) is 120 Å². The summed E-state index contributed by atoms with van der Waals surface area (Å²) in [6.45, 7) is 2.15. The Hall–Kier alpha value is -4.81. The quantitative estimate of drug-likeness (QED) is 0.0637. The summed E-state index contributed by atoms with van der Waals surface area (Å²) in [6.07, 6.45) is -18.4. The second-order valence-electron chi connectivity index (χ2n) is 15.5. The molecule has 0 atom stereocenters. The van der Waals surface area contributed by atoms with Crippen LogP contribution in [0.4, 0.5) is 87.3 Å². The first-order valence-electron chi connectivity index (χ1n) is 19.4. The molecule has 0 saturated heterocycles. The van der Waals surface area contributed by atoms with Crippen molar-refractivity contribution >= 4 is 75.4 Å². The van der Waals surface area contributed by atoms with E-state index < -0.39 is 85.1 Å². The number of alkyl halides is 14. The molecule has 2 saturated carbocycles. The normalized spacial score (nSPS) is 14.4. The molecule has 0 bridgehead atoms. The summed E-state index contributed by atoms with van der Waals surface area (Å²) in [5.41, 5.74) is -11.3. The minimum Gasteiger partial charge on any atom is -0.396 e. The maximum atomic E-state index is 14.8. The van der Waals surface area contributed by atoms with Crippen LogP contribution in [0.25, 0.3) is 0 Å². The number of nitrogens with one attached hydrogen (secondary N) is 2. The zero-order chi connectivity index (χ0) is 50.8. The highest BCUT2D eigenvalue weighted by Crippen LogP contribution is 2.55. The van der Waals surface area contributed by atoms with Gasteiger partial charge < -0.3 is 21.2 Å². The molecule has 2 aliphatic rings. The van der Waals surface area contributed by atoms with Gasteiger partial charge in [-0.15, -0.1) is 0 Å². The number of halogens is 18. The molecular formula is C43H35BBr2F16N3O3. The van der Waals surface area contributed by atoms with Crippen LogP contribution in [0, 0.1) is 37.3 Å². The van der Waals surface area contributed by atoms with Gasteiger partial charge >= 0.3 is 36.0 Å². The molecule has 4 N–H and O–H groups in total. The molecule has 68 heavy (non-hydrogen) atoms. The Balaban J connectivity index is 0.000000324. The van der Waals surface area contributed by atoms with Crippen molar-refractivity contribution in [2.24, 2.45) is 11.8 Å². The Morgan fingerprint density at radius 1 is 0.632 bits per heavy atom. The number of hydrogen-bond acceptors (Lipinski definition) is 4. The fourth-order valence-corrected chi connectivity index (χ4v) is 7.53. The summed E-state index contributed by atoms with van der Waals surface area (Å²) >= 11 is 5.52. The van der Waals surface area contributed by atoms with Gasteiger partial charge in [-0.1, -0.05) is 43.2 Å². The molecule has 0 aromatic heterocycles. The van der Waals surface area contributed by atoms with Crippen LogP contribution in [0.1, 0.15) is 80.6 Å².